The zero-order valence-electron chi connectivity index (χ0n) is 28.8. The highest BCUT2D eigenvalue weighted by atomic mass is 16.3. The van der Waals surface area contributed by atoms with Crippen LogP contribution < -0.4 is 4.90 Å². The molecule has 2 heterocycles. The van der Waals surface area contributed by atoms with Crippen LogP contribution in [0.4, 0.5) is 17.1 Å². The number of para-hydroxylation sites is 4. The van der Waals surface area contributed by atoms with E-state index in [-0.39, 0.29) is 0 Å². The molecule has 0 radical (unpaired) electrons. The fourth-order valence-electron chi connectivity index (χ4n) is 8.27. The molecule has 0 unspecified atom stereocenters. The lowest BCUT2D eigenvalue weighted by Crippen LogP contribution is -2.10. The van der Waals surface area contributed by atoms with E-state index >= 15 is 0 Å². The molecule has 0 saturated heterocycles. The summed E-state index contributed by atoms with van der Waals surface area (Å²) in [5, 5.41) is 9.64. The van der Waals surface area contributed by atoms with Gasteiger partial charge in [-0.2, -0.15) is 0 Å². The number of nitrogens with zero attached hydrogens (tertiary/aromatic N) is 2. The molecule has 0 aliphatic rings. The maximum absolute atomic E-state index is 6.63. The van der Waals surface area contributed by atoms with E-state index in [4.69, 9.17) is 4.42 Å². The van der Waals surface area contributed by atoms with E-state index in [1.54, 1.807) is 0 Å². The summed E-state index contributed by atoms with van der Waals surface area (Å²) >= 11 is 0. The second kappa shape index (κ2) is 11.7. The Kier molecular flexibility index (Phi) is 6.55. The fourth-order valence-corrected chi connectivity index (χ4v) is 8.27. The minimum Gasteiger partial charge on any atom is -0.454 e. The summed E-state index contributed by atoms with van der Waals surface area (Å²) in [4.78, 5) is 2.34. The van der Waals surface area contributed by atoms with E-state index < -0.39 is 0 Å². The van der Waals surface area contributed by atoms with Crippen LogP contribution in [0.3, 0.4) is 0 Å². The predicted octanol–water partition coefficient (Wildman–Crippen LogP) is 14.1. The van der Waals surface area contributed by atoms with Crippen LogP contribution in [0.1, 0.15) is 0 Å². The van der Waals surface area contributed by atoms with Crippen molar-refractivity contribution in [3.05, 3.63) is 194 Å². The van der Waals surface area contributed by atoms with Gasteiger partial charge in [-0.05, 0) is 93.3 Å². The van der Waals surface area contributed by atoms with Gasteiger partial charge < -0.3 is 13.9 Å². The Labute approximate surface area is 306 Å². The topological polar surface area (TPSA) is 21.3 Å². The summed E-state index contributed by atoms with van der Waals surface area (Å²) in [6, 6.07) is 69.7. The molecule has 53 heavy (non-hydrogen) atoms. The van der Waals surface area contributed by atoms with Crippen LogP contribution in [-0.2, 0) is 0 Å². The predicted molar refractivity (Wildman–Crippen MR) is 223 cm³/mol. The molecule has 3 heteroatoms. The van der Waals surface area contributed by atoms with Gasteiger partial charge >= 0.3 is 0 Å². The molecule has 11 rings (SSSR count). The van der Waals surface area contributed by atoms with Crippen molar-refractivity contribution in [2.24, 2.45) is 0 Å². The SMILES string of the molecule is c1ccc(-n2c3ccccc3c3ccc(-c4ccc(N(c5ccc6ccc7ccccc7c6c5)c5cccc6c5oc5ccccc56)cc4)cc32)cc1. The van der Waals surface area contributed by atoms with Crippen molar-refractivity contribution in [2.45, 2.75) is 0 Å². The Bertz CT molecular complexity index is 3170. The van der Waals surface area contributed by atoms with Crippen molar-refractivity contribution < 1.29 is 4.42 Å². The van der Waals surface area contributed by atoms with Crippen LogP contribution in [0.15, 0.2) is 199 Å². The number of hydrogen-bond acceptors (Lipinski definition) is 2. The van der Waals surface area contributed by atoms with E-state index in [1.807, 2.05) is 6.07 Å². The minimum absolute atomic E-state index is 0.870. The monoisotopic (exact) mass is 676 g/mol. The number of aromatic nitrogens is 1. The molecular formula is C50H32N2O. The molecule has 248 valence electrons. The summed E-state index contributed by atoms with van der Waals surface area (Å²) in [7, 11) is 0. The van der Waals surface area contributed by atoms with Gasteiger partial charge in [-0.3, -0.25) is 0 Å². The smallest absolute Gasteiger partial charge is 0.159 e. The average molecular weight is 677 g/mol. The van der Waals surface area contributed by atoms with E-state index in [9.17, 15) is 0 Å². The van der Waals surface area contributed by atoms with Crippen molar-refractivity contribution in [3.8, 4) is 16.8 Å². The number of rotatable bonds is 5. The number of hydrogen-bond donors (Lipinski definition) is 0. The molecule has 0 spiro atoms. The van der Waals surface area contributed by atoms with E-state index in [1.165, 1.54) is 48.9 Å². The number of furan rings is 1. The molecule has 9 aromatic carbocycles. The van der Waals surface area contributed by atoms with Crippen LogP contribution in [0.2, 0.25) is 0 Å². The van der Waals surface area contributed by atoms with E-state index in [2.05, 4.69) is 198 Å². The van der Waals surface area contributed by atoms with Gasteiger partial charge in [0.2, 0.25) is 0 Å². The lowest BCUT2D eigenvalue weighted by Gasteiger charge is -2.26. The van der Waals surface area contributed by atoms with Crippen molar-refractivity contribution >= 4 is 82.4 Å². The molecule has 0 bridgehead atoms. The number of anilines is 3. The molecule has 0 amide bonds. The highest BCUT2D eigenvalue weighted by molar-refractivity contribution is 6.13. The van der Waals surface area contributed by atoms with Crippen LogP contribution in [0.25, 0.3) is 82.1 Å². The lowest BCUT2D eigenvalue weighted by atomic mass is 10.0. The van der Waals surface area contributed by atoms with E-state index in [0.29, 0.717) is 0 Å². The third kappa shape index (κ3) is 4.68. The third-order valence-corrected chi connectivity index (χ3v) is 10.8. The van der Waals surface area contributed by atoms with Gasteiger partial charge in [0.15, 0.2) is 5.58 Å². The van der Waals surface area contributed by atoms with Gasteiger partial charge in [-0.1, -0.05) is 133 Å². The molecular weight excluding hydrogens is 645 g/mol. The van der Waals surface area contributed by atoms with Crippen LogP contribution >= 0.6 is 0 Å². The molecule has 0 aliphatic carbocycles. The average Bonchev–Trinajstić information content (AvgIpc) is 3.77. The lowest BCUT2D eigenvalue weighted by molar-refractivity contribution is 0.669. The van der Waals surface area contributed by atoms with Crippen molar-refractivity contribution in [1.82, 2.24) is 4.57 Å². The Morgan fingerprint density at radius 3 is 1.89 bits per heavy atom. The fraction of sp³-hybridized carbons (Fsp3) is 0. The van der Waals surface area contributed by atoms with E-state index in [0.717, 1.165) is 50.3 Å². The second-order valence-corrected chi connectivity index (χ2v) is 13.7. The van der Waals surface area contributed by atoms with Gasteiger partial charge in [-0.15, -0.1) is 0 Å². The van der Waals surface area contributed by atoms with Crippen molar-refractivity contribution in [1.29, 1.82) is 0 Å². The Morgan fingerprint density at radius 1 is 0.377 bits per heavy atom. The maximum atomic E-state index is 6.63. The first-order valence-corrected chi connectivity index (χ1v) is 18.1. The van der Waals surface area contributed by atoms with Crippen molar-refractivity contribution in [2.75, 3.05) is 4.90 Å². The molecule has 0 N–H and O–H groups in total. The second-order valence-electron chi connectivity index (χ2n) is 13.7. The van der Waals surface area contributed by atoms with Crippen molar-refractivity contribution in [3.63, 3.8) is 0 Å². The first kappa shape index (κ1) is 29.6. The standard InChI is InChI=1S/C50H32N2O/c1-2-12-37(13-3-1)52-46-18-8-6-15-41(46)42-30-26-36(31-48(42)52)33-23-27-38(28-24-33)51(47-19-10-17-44-43-16-7-9-20-49(43)53-50(44)47)39-29-25-35-22-21-34-11-4-5-14-40(34)45(35)32-39/h1-32H. The molecule has 0 fully saturated rings. The normalized spacial score (nSPS) is 11.8. The van der Waals surface area contributed by atoms with Gasteiger partial charge in [0.05, 0.1) is 16.7 Å². The summed E-state index contributed by atoms with van der Waals surface area (Å²) < 4.78 is 9.00. The molecule has 0 aliphatic heterocycles. The first-order valence-electron chi connectivity index (χ1n) is 18.1. The minimum atomic E-state index is 0.870. The molecule has 0 atom stereocenters. The molecule has 0 saturated carbocycles. The highest BCUT2D eigenvalue weighted by Crippen LogP contribution is 2.44. The summed E-state index contributed by atoms with van der Waals surface area (Å²) in [6.45, 7) is 0. The summed E-state index contributed by atoms with van der Waals surface area (Å²) in [5.41, 5.74) is 10.8. The first-order chi connectivity index (χ1) is 26.3. The molecule has 2 aromatic heterocycles. The number of fused-ring (bicyclic) bond motifs is 9. The largest absolute Gasteiger partial charge is 0.454 e. The van der Waals surface area contributed by atoms with Gasteiger partial charge in [-0.25, -0.2) is 0 Å². The van der Waals surface area contributed by atoms with Crippen LogP contribution in [0.5, 0.6) is 0 Å². The number of benzene rings is 9. The third-order valence-electron chi connectivity index (χ3n) is 10.8. The van der Waals surface area contributed by atoms with Gasteiger partial charge in [0.1, 0.15) is 5.58 Å². The van der Waals surface area contributed by atoms with Crippen LogP contribution in [0, 0.1) is 0 Å². The summed E-state index contributed by atoms with van der Waals surface area (Å²) in [6.07, 6.45) is 0. The Morgan fingerprint density at radius 2 is 1.02 bits per heavy atom. The Balaban J connectivity index is 1.09. The summed E-state index contributed by atoms with van der Waals surface area (Å²) in [5.74, 6) is 0. The van der Waals surface area contributed by atoms with Crippen LogP contribution in [-0.4, -0.2) is 4.57 Å². The van der Waals surface area contributed by atoms with Gasteiger partial charge in [0, 0.05) is 38.6 Å². The zero-order valence-corrected chi connectivity index (χ0v) is 28.8. The molecule has 11 aromatic rings. The maximum Gasteiger partial charge on any atom is 0.159 e. The Hall–Kier alpha value is -7.10. The quantitative estimate of drug-likeness (QED) is 0.169. The highest BCUT2D eigenvalue weighted by Gasteiger charge is 2.20. The zero-order chi connectivity index (χ0) is 34.9. The van der Waals surface area contributed by atoms with Gasteiger partial charge in [0.25, 0.3) is 0 Å². The molecule has 3 nitrogen and oxygen atoms in total.